The minimum absolute atomic E-state index is 0.480. The molecule has 1 fully saturated rings. The van der Waals surface area contributed by atoms with Crippen LogP contribution >= 0.6 is 11.3 Å². The van der Waals surface area contributed by atoms with Crippen molar-refractivity contribution >= 4 is 22.8 Å². The van der Waals surface area contributed by atoms with Crippen molar-refractivity contribution in [2.75, 3.05) is 25.5 Å². The fourth-order valence-corrected chi connectivity index (χ4v) is 4.35. The Morgan fingerprint density at radius 3 is 3.17 bits per heavy atom. The summed E-state index contributed by atoms with van der Waals surface area (Å²) in [5.74, 6) is 1.38. The molecular formula is C15H19N7S. The topological polar surface area (TPSA) is 71.2 Å². The smallest absolute Gasteiger partial charge is 0.200 e. The van der Waals surface area contributed by atoms with E-state index in [-0.39, 0.29) is 0 Å². The standard InChI is InChI=1S/C15H19N7S/c1-21-8-2-4-11(15(21)12-5-3-9-23-12)10-16-13-6-7-14-17-19-20-22(14)18-13/h3,5-7,9,11,15H,2,4,8,10H2,1H3,(H,16,18)/t11-,15+/m0/s1. The van der Waals surface area contributed by atoms with E-state index in [0.29, 0.717) is 17.6 Å². The summed E-state index contributed by atoms with van der Waals surface area (Å²) < 4.78 is 1.45. The van der Waals surface area contributed by atoms with Crippen molar-refractivity contribution in [2.45, 2.75) is 18.9 Å². The van der Waals surface area contributed by atoms with E-state index < -0.39 is 0 Å². The van der Waals surface area contributed by atoms with Crippen molar-refractivity contribution in [2.24, 2.45) is 5.92 Å². The van der Waals surface area contributed by atoms with Crippen LogP contribution in [0.5, 0.6) is 0 Å². The number of piperidine rings is 1. The van der Waals surface area contributed by atoms with Gasteiger partial charge in [0, 0.05) is 17.5 Å². The molecule has 23 heavy (non-hydrogen) atoms. The maximum absolute atomic E-state index is 4.38. The van der Waals surface area contributed by atoms with Crippen LogP contribution in [-0.2, 0) is 0 Å². The third kappa shape index (κ3) is 2.91. The highest BCUT2D eigenvalue weighted by Crippen LogP contribution is 2.37. The first-order valence-electron chi connectivity index (χ1n) is 7.84. The summed E-state index contributed by atoms with van der Waals surface area (Å²) in [4.78, 5) is 3.92. The lowest BCUT2D eigenvalue weighted by atomic mass is 9.88. The van der Waals surface area contributed by atoms with Crippen molar-refractivity contribution in [3.63, 3.8) is 0 Å². The molecule has 0 amide bonds. The van der Waals surface area contributed by atoms with E-state index in [0.717, 1.165) is 18.9 Å². The first-order valence-corrected chi connectivity index (χ1v) is 8.72. The molecule has 120 valence electrons. The number of hydrogen-bond acceptors (Lipinski definition) is 7. The van der Waals surface area contributed by atoms with Crippen LogP contribution < -0.4 is 5.32 Å². The molecule has 0 aromatic carbocycles. The molecule has 1 saturated heterocycles. The quantitative estimate of drug-likeness (QED) is 0.790. The summed E-state index contributed by atoms with van der Waals surface area (Å²) in [6.07, 6.45) is 2.47. The molecule has 0 bridgehead atoms. The molecule has 3 aromatic heterocycles. The van der Waals surface area contributed by atoms with Gasteiger partial charge >= 0.3 is 0 Å². The highest BCUT2D eigenvalue weighted by molar-refractivity contribution is 7.10. The van der Waals surface area contributed by atoms with Gasteiger partial charge in [0.15, 0.2) is 5.65 Å². The number of anilines is 1. The predicted molar refractivity (Wildman–Crippen MR) is 89.5 cm³/mol. The van der Waals surface area contributed by atoms with Crippen molar-refractivity contribution in [3.8, 4) is 0 Å². The predicted octanol–water partition coefficient (Wildman–Crippen LogP) is 2.08. The van der Waals surface area contributed by atoms with Gasteiger partial charge in [-0.3, -0.25) is 4.90 Å². The monoisotopic (exact) mass is 329 g/mol. The normalized spacial score (nSPS) is 22.5. The maximum atomic E-state index is 4.38. The molecule has 3 aromatic rings. The van der Waals surface area contributed by atoms with Crippen LogP contribution in [0.15, 0.2) is 29.6 Å². The van der Waals surface area contributed by atoms with Gasteiger partial charge < -0.3 is 5.32 Å². The summed E-state index contributed by atoms with van der Waals surface area (Å²) >= 11 is 1.85. The number of fused-ring (bicyclic) bond motifs is 1. The maximum Gasteiger partial charge on any atom is 0.200 e. The Kier molecular flexibility index (Phi) is 3.92. The van der Waals surface area contributed by atoms with E-state index in [1.54, 1.807) is 0 Å². The van der Waals surface area contributed by atoms with Crippen LogP contribution in [0.3, 0.4) is 0 Å². The van der Waals surface area contributed by atoms with Gasteiger partial charge in [-0.05, 0) is 66.4 Å². The molecule has 1 aliphatic heterocycles. The Labute approximate surface area is 138 Å². The van der Waals surface area contributed by atoms with Crippen molar-refractivity contribution in [3.05, 3.63) is 34.5 Å². The molecule has 2 atom stereocenters. The summed E-state index contributed by atoms with van der Waals surface area (Å²) in [5, 5.41) is 21.3. The third-order valence-corrected chi connectivity index (χ3v) is 5.40. The number of thiophene rings is 1. The van der Waals surface area contributed by atoms with Gasteiger partial charge in [-0.2, -0.15) is 0 Å². The van der Waals surface area contributed by atoms with Crippen LogP contribution in [0.4, 0.5) is 5.82 Å². The summed E-state index contributed by atoms with van der Waals surface area (Å²) in [6, 6.07) is 8.67. The summed E-state index contributed by atoms with van der Waals surface area (Å²) in [7, 11) is 2.22. The summed E-state index contributed by atoms with van der Waals surface area (Å²) in [5.41, 5.74) is 0.657. The molecule has 0 unspecified atom stereocenters. The fraction of sp³-hybridized carbons (Fsp3) is 0.467. The molecule has 1 aliphatic rings. The second-order valence-corrected chi connectivity index (χ2v) is 6.95. The number of tetrazole rings is 1. The van der Waals surface area contributed by atoms with E-state index in [2.05, 4.69) is 55.4 Å². The zero-order valence-corrected chi connectivity index (χ0v) is 13.8. The van der Waals surface area contributed by atoms with E-state index in [1.165, 1.54) is 22.3 Å². The zero-order chi connectivity index (χ0) is 15.6. The number of aromatic nitrogens is 5. The Bertz CT molecular complexity index is 769. The molecule has 4 heterocycles. The number of nitrogens with one attached hydrogen (secondary N) is 1. The second kappa shape index (κ2) is 6.21. The molecule has 0 radical (unpaired) electrons. The average Bonchev–Trinajstić information content (AvgIpc) is 3.23. The van der Waals surface area contributed by atoms with Gasteiger partial charge in [-0.1, -0.05) is 6.07 Å². The largest absolute Gasteiger partial charge is 0.368 e. The lowest BCUT2D eigenvalue weighted by molar-refractivity contribution is 0.130. The highest BCUT2D eigenvalue weighted by Gasteiger charge is 2.31. The van der Waals surface area contributed by atoms with Gasteiger partial charge in [0.1, 0.15) is 5.82 Å². The van der Waals surface area contributed by atoms with Crippen LogP contribution in [0.25, 0.3) is 5.65 Å². The van der Waals surface area contributed by atoms with Crippen molar-refractivity contribution in [1.29, 1.82) is 0 Å². The minimum Gasteiger partial charge on any atom is -0.368 e. The van der Waals surface area contributed by atoms with Gasteiger partial charge in [0.25, 0.3) is 0 Å². The lowest BCUT2D eigenvalue weighted by Gasteiger charge is -2.38. The van der Waals surface area contributed by atoms with Crippen LogP contribution in [0.2, 0.25) is 0 Å². The molecular weight excluding hydrogens is 310 g/mol. The third-order valence-electron chi connectivity index (χ3n) is 4.46. The highest BCUT2D eigenvalue weighted by atomic mass is 32.1. The number of hydrogen-bond donors (Lipinski definition) is 1. The minimum atomic E-state index is 0.480. The Balaban J connectivity index is 1.49. The molecule has 0 aliphatic carbocycles. The Morgan fingerprint density at radius 2 is 2.30 bits per heavy atom. The SMILES string of the molecule is CN1CCC[C@@H](CNc2ccc3nnnn3n2)[C@@H]1c1cccs1. The lowest BCUT2D eigenvalue weighted by Crippen LogP contribution is -2.38. The van der Waals surface area contributed by atoms with E-state index in [1.807, 2.05) is 23.5 Å². The number of rotatable bonds is 4. The van der Waals surface area contributed by atoms with Crippen molar-refractivity contribution < 1.29 is 0 Å². The van der Waals surface area contributed by atoms with Crippen molar-refractivity contribution in [1.82, 2.24) is 30.2 Å². The number of nitrogens with zero attached hydrogens (tertiary/aromatic N) is 6. The number of likely N-dealkylation sites (tertiary alicyclic amines) is 1. The van der Waals surface area contributed by atoms with E-state index in [9.17, 15) is 0 Å². The first kappa shape index (κ1) is 14.5. The Morgan fingerprint density at radius 1 is 1.35 bits per heavy atom. The average molecular weight is 329 g/mol. The van der Waals surface area contributed by atoms with Gasteiger partial charge in [-0.25, -0.2) is 0 Å². The van der Waals surface area contributed by atoms with Crippen LogP contribution in [0.1, 0.15) is 23.8 Å². The zero-order valence-electron chi connectivity index (χ0n) is 13.0. The Hall–Kier alpha value is -2.06. The van der Waals surface area contributed by atoms with Crippen LogP contribution in [-0.4, -0.2) is 50.3 Å². The fourth-order valence-electron chi connectivity index (χ4n) is 3.36. The van der Waals surface area contributed by atoms with Gasteiger partial charge in [0.2, 0.25) is 0 Å². The van der Waals surface area contributed by atoms with Gasteiger partial charge in [0.05, 0.1) is 0 Å². The molecule has 7 nitrogen and oxygen atoms in total. The van der Waals surface area contributed by atoms with E-state index >= 15 is 0 Å². The molecule has 4 rings (SSSR count). The van der Waals surface area contributed by atoms with Gasteiger partial charge in [-0.15, -0.1) is 26.2 Å². The molecule has 0 spiro atoms. The first-order chi connectivity index (χ1) is 11.3. The second-order valence-electron chi connectivity index (χ2n) is 5.97. The van der Waals surface area contributed by atoms with E-state index in [4.69, 9.17) is 0 Å². The molecule has 8 heteroatoms. The molecule has 0 saturated carbocycles. The summed E-state index contributed by atoms with van der Waals surface area (Å²) in [6.45, 7) is 2.06. The van der Waals surface area contributed by atoms with Crippen LogP contribution in [0, 0.1) is 5.92 Å². The molecule has 1 N–H and O–H groups in total.